The van der Waals surface area contributed by atoms with Gasteiger partial charge in [-0.1, -0.05) is 12.1 Å². The molecule has 1 amide bonds. The van der Waals surface area contributed by atoms with Gasteiger partial charge in [-0.3, -0.25) is 9.78 Å². The first-order valence-corrected chi connectivity index (χ1v) is 10.9. The third kappa shape index (κ3) is 3.52. The van der Waals surface area contributed by atoms with Crippen molar-refractivity contribution in [1.29, 1.82) is 0 Å². The van der Waals surface area contributed by atoms with Crippen molar-refractivity contribution >= 4 is 28.9 Å². The van der Waals surface area contributed by atoms with Gasteiger partial charge < -0.3 is 15.7 Å². The maximum Gasteiger partial charge on any atom is 0.255 e. The molecule has 3 N–H and O–H groups in total. The van der Waals surface area contributed by atoms with Gasteiger partial charge in [-0.2, -0.15) is 4.98 Å². The van der Waals surface area contributed by atoms with Crippen LogP contribution in [0.1, 0.15) is 23.4 Å². The zero-order valence-corrected chi connectivity index (χ0v) is 18.2. The molecule has 9 heteroatoms. The summed E-state index contributed by atoms with van der Waals surface area (Å²) in [7, 11) is 0. The second-order valence-corrected chi connectivity index (χ2v) is 8.43. The SMILES string of the molecule is CC1=C(C(=O)Nc2cccnc2)C(c2sccc2C)n2nc(-c3cccc(O)c3)nc2N1. The predicted octanol–water partition coefficient (Wildman–Crippen LogP) is 4.34. The molecule has 1 atom stereocenters. The monoisotopic (exact) mass is 444 g/mol. The smallest absolute Gasteiger partial charge is 0.255 e. The molecule has 0 spiro atoms. The zero-order chi connectivity index (χ0) is 22.2. The first-order valence-electron chi connectivity index (χ1n) is 10.0. The number of hydrogen-bond donors (Lipinski definition) is 3. The molecule has 160 valence electrons. The van der Waals surface area contributed by atoms with Crippen LogP contribution in [0.15, 0.2) is 71.5 Å². The van der Waals surface area contributed by atoms with Gasteiger partial charge in [0.25, 0.3) is 5.91 Å². The Morgan fingerprint density at radius 1 is 1.22 bits per heavy atom. The van der Waals surface area contributed by atoms with E-state index in [1.54, 1.807) is 58.7 Å². The maximum atomic E-state index is 13.4. The number of fused-ring (bicyclic) bond motifs is 1. The fourth-order valence-corrected chi connectivity index (χ4v) is 4.77. The lowest BCUT2D eigenvalue weighted by Gasteiger charge is -2.28. The molecular weight excluding hydrogens is 424 g/mol. The third-order valence-corrected chi connectivity index (χ3v) is 6.34. The van der Waals surface area contributed by atoms with Gasteiger partial charge in [-0.25, -0.2) is 4.68 Å². The second-order valence-electron chi connectivity index (χ2n) is 7.48. The van der Waals surface area contributed by atoms with Crippen LogP contribution in [-0.4, -0.2) is 30.8 Å². The maximum absolute atomic E-state index is 13.4. The summed E-state index contributed by atoms with van der Waals surface area (Å²) in [6, 6.07) is 11.9. The molecule has 0 aliphatic carbocycles. The Bertz CT molecular complexity index is 1340. The van der Waals surface area contributed by atoms with Crippen LogP contribution in [0.3, 0.4) is 0 Å². The van der Waals surface area contributed by atoms with Crippen LogP contribution in [0.4, 0.5) is 11.6 Å². The number of anilines is 2. The van der Waals surface area contributed by atoms with Crippen LogP contribution in [0.2, 0.25) is 0 Å². The van der Waals surface area contributed by atoms with Crippen LogP contribution in [0.25, 0.3) is 11.4 Å². The van der Waals surface area contributed by atoms with E-state index in [4.69, 9.17) is 5.10 Å². The molecule has 0 saturated heterocycles. The van der Waals surface area contributed by atoms with E-state index in [1.807, 2.05) is 31.4 Å². The molecule has 0 fully saturated rings. The number of phenolic OH excluding ortho intramolecular Hbond substituents is 1. The summed E-state index contributed by atoms with van der Waals surface area (Å²) in [6.45, 7) is 3.88. The highest BCUT2D eigenvalue weighted by Gasteiger charge is 2.36. The van der Waals surface area contributed by atoms with Crippen molar-refractivity contribution in [3.05, 3.63) is 81.9 Å². The van der Waals surface area contributed by atoms with Gasteiger partial charge >= 0.3 is 0 Å². The van der Waals surface area contributed by atoms with Gasteiger partial charge in [0.05, 0.1) is 17.5 Å². The fourth-order valence-electron chi connectivity index (χ4n) is 3.75. The summed E-state index contributed by atoms with van der Waals surface area (Å²) in [4.78, 5) is 23.1. The predicted molar refractivity (Wildman–Crippen MR) is 124 cm³/mol. The fraction of sp³-hybridized carbons (Fsp3) is 0.130. The number of carbonyl (C=O) groups excluding carboxylic acids is 1. The van der Waals surface area contributed by atoms with E-state index >= 15 is 0 Å². The Labute approximate surface area is 188 Å². The van der Waals surface area contributed by atoms with E-state index in [1.165, 1.54) is 0 Å². The van der Waals surface area contributed by atoms with Crippen LogP contribution >= 0.6 is 11.3 Å². The van der Waals surface area contributed by atoms with Crippen molar-refractivity contribution in [2.45, 2.75) is 19.9 Å². The van der Waals surface area contributed by atoms with E-state index in [-0.39, 0.29) is 11.7 Å². The number of aryl methyl sites for hydroxylation is 1. The summed E-state index contributed by atoms with van der Waals surface area (Å²) >= 11 is 1.57. The van der Waals surface area contributed by atoms with Crippen LogP contribution < -0.4 is 10.6 Å². The molecule has 3 aromatic heterocycles. The van der Waals surface area contributed by atoms with Gasteiger partial charge in [-0.15, -0.1) is 16.4 Å². The first-order chi connectivity index (χ1) is 15.5. The molecule has 1 aliphatic heterocycles. The minimum absolute atomic E-state index is 0.139. The summed E-state index contributed by atoms with van der Waals surface area (Å²) in [5.74, 6) is 0.904. The molecule has 0 radical (unpaired) electrons. The lowest BCUT2D eigenvalue weighted by atomic mass is 9.99. The number of pyridine rings is 1. The summed E-state index contributed by atoms with van der Waals surface area (Å²) in [6.07, 6.45) is 3.26. The number of amides is 1. The summed E-state index contributed by atoms with van der Waals surface area (Å²) < 4.78 is 1.74. The van der Waals surface area contributed by atoms with Crippen LogP contribution in [0.5, 0.6) is 5.75 Å². The Balaban J connectivity index is 1.61. The molecule has 4 aromatic rings. The quantitative estimate of drug-likeness (QED) is 0.432. The number of aromatic nitrogens is 4. The molecule has 32 heavy (non-hydrogen) atoms. The van der Waals surface area contributed by atoms with Gasteiger partial charge in [0.1, 0.15) is 11.8 Å². The van der Waals surface area contributed by atoms with E-state index in [0.717, 1.165) is 10.4 Å². The molecule has 8 nitrogen and oxygen atoms in total. The number of carbonyl (C=O) groups is 1. The van der Waals surface area contributed by atoms with E-state index in [2.05, 4.69) is 20.6 Å². The zero-order valence-electron chi connectivity index (χ0n) is 17.4. The Morgan fingerprint density at radius 2 is 2.09 bits per heavy atom. The molecular formula is C23H20N6O2S. The number of nitrogens with zero attached hydrogens (tertiary/aromatic N) is 4. The average molecular weight is 445 g/mol. The molecule has 1 aliphatic rings. The number of aromatic hydroxyl groups is 1. The van der Waals surface area contributed by atoms with Crippen molar-refractivity contribution in [2.75, 3.05) is 10.6 Å². The van der Waals surface area contributed by atoms with Crippen LogP contribution in [0, 0.1) is 6.92 Å². The molecule has 4 heterocycles. The number of rotatable bonds is 4. The average Bonchev–Trinajstić information content (AvgIpc) is 3.39. The van der Waals surface area contributed by atoms with Crippen LogP contribution in [-0.2, 0) is 4.79 Å². The number of benzene rings is 1. The highest BCUT2D eigenvalue weighted by atomic mass is 32.1. The first kappa shape index (κ1) is 20.0. The molecule has 1 unspecified atom stereocenters. The Hall–Kier alpha value is -3.98. The van der Waals surface area contributed by atoms with Gasteiger partial charge in [0.15, 0.2) is 5.82 Å². The molecule has 0 bridgehead atoms. The number of allylic oxidation sites excluding steroid dienone is 1. The highest BCUT2D eigenvalue weighted by molar-refractivity contribution is 7.10. The minimum atomic E-state index is -0.443. The normalized spacial score (nSPS) is 15.2. The highest BCUT2D eigenvalue weighted by Crippen LogP contribution is 2.40. The lowest BCUT2D eigenvalue weighted by molar-refractivity contribution is -0.113. The number of nitrogens with one attached hydrogen (secondary N) is 2. The van der Waals surface area contributed by atoms with Gasteiger partial charge in [0.2, 0.25) is 5.95 Å². The third-order valence-electron chi connectivity index (χ3n) is 5.27. The van der Waals surface area contributed by atoms with Crippen molar-refractivity contribution < 1.29 is 9.90 Å². The number of thiophene rings is 1. The van der Waals surface area contributed by atoms with E-state index < -0.39 is 6.04 Å². The second kappa shape index (κ2) is 7.93. The minimum Gasteiger partial charge on any atom is -0.508 e. The van der Waals surface area contributed by atoms with Crippen molar-refractivity contribution in [2.24, 2.45) is 0 Å². The molecule has 5 rings (SSSR count). The Kier molecular flexibility index (Phi) is 4.95. The molecule has 0 saturated carbocycles. The summed E-state index contributed by atoms with van der Waals surface area (Å²) in [5, 5.41) is 22.8. The van der Waals surface area contributed by atoms with Gasteiger partial charge in [0, 0.05) is 22.3 Å². The Morgan fingerprint density at radius 3 is 2.81 bits per heavy atom. The van der Waals surface area contributed by atoms with Crippen molar-refractivity contribution in [1.82, 2.24) is 19.7 Å². The number of phenols is 1. The van der Waals surface area contributed by atoms with E-state index in [9.17, 15) is 9.90 Å². The molecule has 1 aromatic carbocycles. The van der Waals surface area contributed by atoms with Crippen molar-refractivity contribution in [3.8, 4) is 17.1 Å². The lowest BCUT2D eigenvalue weighted by Crippen LogP contribution is -2.31. The van der Waals surface area contributed by atoms with Gasteiger partial charge in [-0.05, 0) is 55.1 Å². The summed E-state index contributed by atoms with van der Waals surface area (Å²) in [5.41, 5.74) is 3.63. The largest absolute Gasteiger partial charge is 0.508 e. The van der Waals surface area contributed by atoms with Crippen molar-refractivity contribution in [3.63, 3.8) is 0 Å². The number of hydrogen-bond acceptors (Lipinski definition) is 7. The topological polar surface area (TPSA) is 105 Å². The van der Waals surface area contributed by atoms with E-state index in [0.29, 0.717) is 34.3 Å². The standard InChI is InChI=1S/C23H20N6O2S/c1-13-8-10-32-20(13)19-18(22(31)26-16-6-4-9-24-12-16)14(2)25-23-27-21(28-29(19)23)15-5-3-7-17(30)11-15/h3-12,19,30H,1-2H3,(H,26,31)(H,25,27,28).